The topological polar surface area (TPSA) is 27.7 Å². The van der Waals surface area contributed by atoms with Gasteiger partial charge in [0.15, 0.2) is 0 Å². The normalized spacial score (nSPS) is 31.5. The fourth-order valence-electron chi connectivity index (χ4n) is 3.43. The molecule has 0 aromatic carbocycles. The van der Waals surface area contributed by atoms with Crippen LogP contribution in [0, 0.1) is 0 Å². The first kappa shape index (κ1) is 14.3. The summed E-state index contributed by atoms with van der Waals surface area (Å²) in [5.74, 6) is 0. The molecule has 4 heteroatoms. The Bertz CT molecular complexity index is 249. The van der Waals surface area contributed by atoms with E-state index in [0.717, 1.165) is 25.7 Å². The van der Waals surface area contributed by atoms with Gasteiger partial charge in [0.05, 0.1) is 6.61 Å². The third-order valence-electron chi connectivity index (χ3n) is 4.47. The Hall–Kier alpha value is -0.160. The minimum Gasteiger partial charge on any atom is -0.383 e. The summed E-state index contributed by atoms with van der Waals surface area (Å²) in [6.45, 7) is 11.4. The van der Waals surface area contributed by atoms with Gasteiger partial charge in [0.2, 0.25) is 0 Å². The van der Waals surface area contributed by atoms with E-state index < -0.39 is 0 Å². The van der Waals surface area contributed by atoms with Crippen LogP contribution in [0.5, 0.6) is 0 Å². The maximum Gasteiger partial charge on any atom is 0.0587 e. The summed E-state index contributed by atoms with van der Waals surface area (Å²) >= 11 is 0. The zero-order valence-electron chi connectivity index (χ0n) is 12.2. The first-order valence-corrected chi connectivity index (χ1v) is 7.42. The molecule has 2 aliphatic rings. The van der Waals surface area contributed by atoms with Crippen LogP contribution in [0.25, 0.3) is 0 Å². The van der Waals surface area contributed by atoms with E-state index in [1.165, 1.54) is 32.5 Å². The Morgan fingerprint density at radius 2 is 2.22 bits per heavy atom. The second-order valence-electron chi connectivity index (χ2n) is 5.88. The van der Waals surface area contributed by atoms with Crippen molar-refractivity contribution in [2.24, 2.45) is 0 Å². The summed E-state index contributed by atoms with van der Waals surface area (Å²) in [6.07, 6.45) is 2.79. The van der Waals surface area contributed by atoms with E-state index in [1.807, 2.05) is 0 Å². The molecular formula is C14H29N3O. The zero-order valence-corrected chi connectivity index (χ0v) is 12.2. The van der Waals surface area contributed by atoms with Crippen LogP contribution in [-0.2, 0) is 4.74 Å². The third-order valence-corrected chi connectivity index (χ3v) is 4.47. The molecule has 2 aliphatic heterocycles. The maximum atomic E-state index is 5.06. The third kappa shape index (κ3) is 3.44. The summed E-state index contributed by atoms with van der Waals surface area (Å²) in [5.41, 5.74) is 0. The molecule has 0 aromatic rings. The number of nitrogens with zero attached hydrogens (tertiary/aromatic N) is 2. The van der Waals surface area contributed by atoms with E-state index in [2.05, 4.69) is 29.0 Å². The molecule has 2 rings (SSSR count). The SMILES string of the molecule is COCCNCC(C)N1CC2CCCN2CC1C. The van der Waals surface area contributed by atoms with Gasteiger partial charge in [-0.25, -0.2) is 0 Å². The lowest BCUT2D eigenvalue weighted by molar-refractivity contribution is 0.0328. The molecule has 0 amide bonds. The van der Waals surface area contributed by atoms with E-state index in [-0.39, 0.29) is 0 Å². The van der Waals surface area contributed by atoms with Gasteiger partial charge in [0, 0.05) is 51.4 Å². The molecule has 2 fully saturated rings. The van der Waals surface area contributed by atoms with Crippen molar-refractivity contribution < 1.29 is 4.74 Å². The number of hydrogen-bond donors (Lipinski definition) is 1. The van der Waals surface area contributed by atoms with Crippen molar-refractivity contribution in [3.63, 3.8) is 0 Å². The van der Waals surface area contributed by atoms with E-state index in [0.29, 0.717) is 12.1 Å². The lowest BCUT2D eigenvalue weighted by atomic mass is 10.1. The number of rotatable bonds is 6. The Kier molecular flexibility index (Phi) is 5.42. The molecule has 3 atom stereocenters. The molecule has 1 N–H and O–H groups in total. The highest BCUT2D eigenvalue weighted by atomic mass is 16.5. The molecule has 3 unspecified atom stereocenters. The number of nitrogens with one attached hydrogen (secondary N) is 1. The molecule has 106 valence electrons. The fraction of sp³-hybridized carbons (Fsp3) is 1.00. The van der Waals surface area contributed by atoms with Crippen LogP contribution in [0.15, 0.2) is 0 Å². The summed E-state index contributed by atoms with van der Waals surface area (Å²) < 4.78 is 5.06. The molecular weight excluding hydrogens is 226 g/mol. The summed E-state index contributed by atoms with van der Waals surface area (Å²) in [4.78, 5) is 5.37. The fourth-order valence-corrected chi connectivity index (χ4v) is 3.43. The summed E-state index contributed by atoms with van der Waals surface area (Å²) in [7, 11) is 1.76. The van der Waals surface area contributed by atoms with Crippen LogP contribution in [0.1, 0.15) is 26.7 Å². The molecule has 2 heterocycles. The Labute approximate surface area is 112 Å². The molecule has 2 saturated heterocycles. The smallest absolute Gasteiger partial charge is 0.0587 e. The van der Waals surface area contributed by atoms with Gasteiger partial charge in [-0.3, -0.25) is 9.80 Å². The highest BCUT2D eigenvalue weighted by molar-refractivity contribution is 4.92. The molecule has 0 bridgehead atoms. The molecule has 18 heavy (non-hydrogen) atoms. The predicted octanol–water partition coefficient (Wildman–Crippen LogP) is 0.779. The first-order valence-electron chi connectivity index (χ1n) is 7.42. The molecule has 4 nitrogen and oxygen atoms in total. The average Bonchev–Trinajstić information content (AvgIpc) is 2.80. The van der Waals surface area contributed by atoms with Crippen LogP contribution < -0.4 is 5.32 Å². The average molecular weight is 255 g/mol. The van der Waals surface area contributed by atoms with Gasteiger partial charge in [-0.2, -0.15) is 0 Å². The molecule has 0 aromatic heterocycles. The number of hydrogen-bond acceptors (Lipinski definition) is 4. The highest BCUT2D eigenvalue weighted by Gasteiger charge is 2.35. The lowest BCUT2D eigenvalue weighted by Gasteiger charge is -2.45. The quantitative estimate of drug-likeness (QED) is 0.710. The Morgan fingerprint density at radius 1 is 1.39 bits per heavy atom. The van der Waals surface area contributed by atoms with Gasteiger partial charge in [-0.1, -0.05) is 0 Å². The lowest BCUT2D eigenvalue weighted by Crippen LogP contribution is -2.59. The predicted molar refractivity (Wildman–Crippen MR) is 75.0 cm³/mol. The van der Waals surface area contributed by atoms with Crippen molar-refractivity contribution in [1.29, 1.82) is 0 Å². The number of ether oxygens (including phenoxy) is 1. The van der Waals surface area contributed by atoms with Gasteiger partial charge in [0.1, 0.15) is 0 Å². The van der Waals surface area contributed by atoms with Crippen LogP contribution in [-0.4, -0.2) is 74.4 Å². The minimum atomic E-state index is 0.625. The van der Waals surface area contributed by atoms with Gasteiger partial charge in [0.25, 0.3) is 0 Å². The van der Waals surface area contributed by atoms with E-state index in [4.69, 9.17) is 4.74 Å². The van der Waals surface area contributed by atoms with Gasteiger partial charge < -0.3 is 10.1 Å². The van der Waals surface area contributed by atoms with E-state index >= 15 is 0 Å². The number of methoxy groups -OCH3 is 1. The van der Waals surface area contributed by atoms with E-state index in [1.54, 1.807) is 7.11 Å². The van der Waals surface area contributed by atoms with Gasteiger partial charge in [-0.05, 0) is 33.2 Å². The summed E-state index contributed by atoms with van der Waals surface area (Å²) in [6, 6.07) is 2.14. The van der Waals surface area contributed by atoms with Crippen molar-refractivity contribution in [2.75, 3.05) is 46.4 Å². The molecule has 0 aliphatic carbocycles. The second-order valence-corrected chi connectivity index (χ2v) is 5.88. The first-order chi connectivity index (χ1) is 8.72. The van der Waals surface area contributed by atoms with Crippen LogP contribution in [0.4, 0.5) is 0 Å². The second kappa shape index (κ2) is 6.85. The van der Waals surface area contributed by atoms with Crippen LogP contribution in [0.2, 0.25) is 0 Å². The standard InChI is InChI=1S/C14H29N3O/c1-12(9-15-6-8-18-3)17-11-14-5-4-7-16(14)10-13(17)2/h12-15H,4-11H2,1-3H3. The molecule has 0 radical (unpaired) electrons. The highest BCUT2D eigenvalue weighted by Crippen LogP contribution is 2.25. The van der Waals surface area contributed by atoms with Crippen molar-refractivity contribution in [3.8, 4) is 0 Å². The Morgan fingerprint density at radius 3 is 3.00 bits per heavy atom. The Balaban J connectivity index is 1.76. The van der Waals surface area contributed by atoms with Crippen molar-refractivity contribution in [1.82, 2.24) is 15.1 Å². The van der Waals surface area contributed by atoms with Crippen molar-refractivity contribution in [2.45, 2.75) is 44.8 Å². The largest absolute Gasteiger partial charge is 0.383 e. The van der Waals surface area contributed by atoms with Gasteiger partial charge in [-0.15, -0.1) is 0 Å². The van der Waals surface area contributed by atoms with Crippen LogP contribution >= 0.6 is 0 Å². The van der Waals surface area contributed by atoms with Crippen molar-refractivity contribution >= 4 is 0 Å². The summed E-state index contributed by atoms with van der Waals surface area (Å²) in [5, 5.41) is 3.48. The maximum absolute atomic E-state index is 5.06. The van der Waals surface area contributed by atoms with E-state index in [9.17, 15) is 0 Å². The van der Waals surface area contributed by atoms with Gasteiger partial charge >= 0.3 is 0 Å². The minimum absolute atomic E-state index is 0.625. The monoisotopic (exact) mass is 255 g/mol. The number of piperazine rings is 1. The van der Waals surface area contributed by atoms with Crippen molar-refractivity contribution in [3.05, 3.63) is 0 Å². The number of fused-ring (bicyclic) bond motifs is 1. The van der Waals surface area contributed by atoms with Crippen LogP contribution in [0.3, 0.4) is 0 Å². The molecule has 0 saturated carbocycles. The molecule has 0 spiro atoms. The zero-order chi connectivity index (χ0) is 13.0.